The van der Waals surface area contributed by atoms with Crippen LogP contribution in [0.2, 0.25) is 0 Å². The molecular formula is C19H29NO. The van der Waals surface area contributed by atoms with Crippen molar-refractivity contribution in [2.75, 3.05) is 0 Å². The molecule has 0 spiro atoms. The molecule has 0 unspecified atom stereocenters. The van der Waals surface area contributed by atoms with Crippen molar-refractivity contribution >= 4 is 5.71 Å². The van der Waals surface area contributed by atoms with Gasteiger partial charge in [-0.3, -0.25) is 0 Å². The van der Waals surface area contributed by atoms with Gasteiger partial charge >= 0.3 is 0 Å². The monoisotopic (exact) mass is 287 g/mol. The maximum atomic E-state index is 9.38. The molecule has 0 heterocycles. The summed E-state index contributed by atoms with van der Waals surface area (Å²) < 4.78 is 0. The third-order valence-corrected chi connectivity index (χ3v) is 8.07. The van der Waals surface area contributed by atoms with Crippen molar-refractivity contribution < 1.29 is 5.21 Å². The summed E-state index contributed by atoms with van der Waals surface area (Å²) in [5, 5.41) is 13.1. The van der Waals surface area contributed by atoms with Crippen LogP contribution in [-0.2, 0) is 0 Å². The van der Waals surface area contributed by atoms with Crippen molar-refractivity contribution in [3.8, 4) is 0 Å². The number of oxime groups is 1. The van der Waals surface area contributed by atoms with Gasteiger partial charge in [-0.2, -0.15) is 0 Å². The van der Waals surface area contributed by atoms with Gasteiger partial charge in [0.05, 0.1) is 5.71 Å². The molecule has 0 aromatic rings. The molecule has 116 valence electrons. The Bertz CT molecular complexity index is 496. The first kappa shape index (κ1) is 13.8. The van der Waals surface area contributed by atoms with Crippen molar-refractivity contribution in [1.82, 2.24) is 0 Å². The smallest absolute Gasteiger partial charge is 0.0632 e. The van der Waals surface area contributed by atoms with Gasteiger partial charge in [-0.25, -0.2) is 0 Å². The van der Waals surface area contributed by atoms with Crippen LogP contribution in [0.5, 0.6) is 0 Å². The van der Waals surface area contributed by atoms with E-state index in [1.807, 2.05) is 0 Å². The SMILES string of the molecule is C[C@@]12CC=CC[C@@H]1CC[C@H]1[C@H]2CC[C@]2(C)C(=NO)CC[C@H]12. The minimum atomic E-state index is 0.198. The summed E-state index contributed by atoms with van der Waals surface area (Å²) in [5.41, 5.74) is 1.84. The lowest BCUT2D eigenvalue weighted by Crippen LogP contribution is -2.52. The third-order valence-electron chi connectivity index (χ3n) is 8.07. The zero-order valence-electron chi connectivity index (χ0n) is 13.5. The Balaban J connectivity index is 1.67. The molecule has 1 N–H and O–H groups in total. The van der Waals surface area contributed by atoms with Crippen LogP contribution in [0.4, 0.5) is 0 Å². The molecule has 6 atom stereocenters. The molecule has 3 saturated carbocycles. The highest BCUT2D eigenvalue weighted by molar-refractivity contribution is 5.91. The quantitative estimate of drug-likeness (QED) is 0.378. The fourth-order valence-corrected chi connectivity index (χ4v) is 6.79. The fraction of sp³-hybridized carbons (Fsp3) is 0.842. The van der Waals surface area contributed by atoms with Gasteiger partial charge in [-0.05, 0) is 80.5 Å². The Labute approximate surface area is 128 Å². The van der Waals surface area contributed by atoms with E-state index in [0.29, 0.717) is 5.41 Å². The second-order valence-electron chi connectivity index (χ2n) is 8.61. The average Bonchev–Trinajstić information content (AvgIpc) is 2.83. The number of allylic oxidation sites excluding steroid dienone is 2. The molecule has 21 heavy (non-hydrogen) atoms. The Hall–Kier alpha value is -0.790. The Morgan fingerprint density at radius 1 is 1.10 bits per heavy atom. The van der Waals surface area contributed by atoms with E-state index in [2.05, 4.69) is 31.2 Å². The van der Waals surface area contributed by atoms with Gasteiger partial charge in [0.15, 0.2) is 0 Å². The lowest BCUT2D eigenvalue weighted by Gasteiger charge is -2.59. The van der Waals surface area contributed by atoms with Gasteiger partial charge in [-0.1, -0.05) is 31.2 Å². The first-order valence-corrected chi connectivity index (χ1v) is 8.96. The zero-order valence-corrected chi connectivity index (χ0v) is 13.5. The third kappa shape index (κ3) is 1.74. The predicted molar refractivity (Wildman–Crippen MR) is 85.5 cm³/mol. The minimum absolute atomic E-state index is 0.198. The maximum Gasteiger partial charge on any atom is 0.0632 e. The van der Waals surface area contributed by atoms with Crippen LogP contribution in [0.3, 0.4) is 0 Å². The average molecular weight is 287 g/mol. The zero-order chi connectivity index (χ0) is 14.7. The molecule has 0 aliphatic heterocycles. The van der Waals surface area contributed by atoms with Gasteiger partial charge in [-0.15, -0.1) is 0 Å². The molecular weight excluding hydrogens is 258 g/mol. The summed E-state index contributed by atoms with van der Waals surface area (Å²) in [6.07, 6.45) is 15.2. The Morgan fingerprint density at radius 3 is 2.76 bits per heavy atom. The Kier molecular flexibility index (Phi) is 3.03. The van der Waals surface area contributed by atoms with Crippen molar-refractivity contribution in [2.45, 2.75) is 65.2 Å². The van der Waals surface area contributed by atoms with E-state index in [-0.39, 0.29) is 5.41 Å². The molecule has 0 aromatic heterocycles. The first-order valence-electron chi connectivity index (χ1n) is 8.96. The van der Waals surface area contributed by atoms with Crippen molar-refractivity contribution in [3.05, 3.63) is 12.2 Å². The second kappa shape index (κ2) is 4.60. The van der Waals surface area contributed by atoms with Crippen LogP contribution in [0, 0.1) is 34.5 Å². The standard InChI is InChI=1S/C19H29NO/c1-18-11-4-3-5-13(18)6-7-14-15-8-9-17(20-21)19(15,2)12-10-16(14)18/h3-4,13-16,21H,5-12H2,1-2H3/t13-,14-,15-,16-,18-,19+/m1/s1. The molecule has 0 aromatic carbocycles. The summed E-state index contributed by atoms with van der Waals surface area (Å²) >= 11 is 0. The molecule has 0 bridgehead atoms. The molecule has 4 aliphatic rings. The molecule has 4 aliphatic carbocycles. The van der Waals surface area contributed by atoms with E-state index in [0.717, 1.165) is 35.8 Å². The van der Waals surface area contributed by atoms with Gasteiger partial charge in [0, 0.05) is 5.41 Å². The van der Waals surface area contributed by atoms with Gasteiger partial charge in [0.25, 0.3) is 0 Å². The van der Waals surface area contributed by atoms with Crippen molar-refractivity contribution in [2.24, 2.45) is 39.7 Å². The van der Waals surface area contributed by atoms with Crippen molar-refractivity contribution in [3.63, 3.8) is 0 Å². The van der Waals surface area contributed by atoms with Crippen LogP contribution in [0.25, 0.3) is 0 Å². The van der Waals surface area contributed by atoms with Gasteiger partial charge < -0.3 is 5.21 Å². The van der Waals surface area contributed by atoms with Crippen LogP contribution in [-0.4, -0.2) is 10.9 Å². The number of nitrogens with zero attached hydrogens (tertiary/aromatic N) is 1. The lowest BCUT2D eigenvalue weighted by molar-refractivity contribution is -0.0763. The minimum Gasteiger partial charge on any atom is -0.411 e. The normalized spacial score (nSPS) is 54.1. The molecule has 4 rings (SSSR count). The van der Waals surface area contributed by atoms with Gasteiger partial charge in [0.1, 0.15) is 0 Å². The van der Waals surface area contributed by atoms with Crippen LogP contribution in [0.1, 0.15) is 65.2 Å². The molecule has 2 heteroatoms. The van der Waals surface area contributed by atoms with E-state index in [9.17, 15) is 5.21 Å². The highest BCUT2D eigenvalue weighted by atomic mass is 16.4. The summed E-state index contributed by atoms with van der Waals surface area (Å²) in [6, 6.07) is 0. The summed E-state index contributed by atoms with van der Waals surface area (Å²) in [7, 11) is 0. The van der Waals surface area contributed by atoms with E-state index in [1.54, 1.807) is 0 Å². The predicted octanol–water partition coefficient (Wildman–Crippen LogP) is 5.03. The lowest BCUT2D eigenvalue weighted by atomic mass is 9.46. The molecule has 0 radical (unpaired) electrons. The van der Waals surface area contributed by atoms with E-state index >= 15 is 0 Å². The summed E-state index contributed by atoms with van der Waals surface area (Å²) in [6.45, 7) is 4.96. The molecule has 3 fully saturated rings. The number of rotatable bonds is 0. The Morgan fingerprint density at radius 2 is 1.95 bits per heavy atom. The van der Waals surface area contributed by atoms with E-state index in [1.165, 1.54) is 44.9 Å². The summed E-state index contributed by atoms with van der Waals surface area (Å²) in [4.78, 5) is 0. The highest BCUT2D eigenvalue weighted by Crippen LogP contribution is 2.64. The number of hydrogen-bond donors (Lipinski definition) is 1. The maximum absolute atomic E-state index is 9.38. The van der Waals surface area contributed by atoms with E-state index in [4.69, 9.17) is 0 Å². The molecule has 0 amide bonds. The molecule has 0 saturated heterocycles. The largest absolute Gasteiger partial charge is 0.411 e. The number of fused-ring (bicyclic) bond motifs is 5. The van der Waals surface area contributed by atoms with Crippen LogP contribution >= 0.6 is 0 Å². The summed E-state index contributed by atoms with van der Waals surface area (Å²) in [5.74, 6) is 3.46. The van der Waals surface area contributed by atoms with Crippen LogP contribution in [0.15, 0.2) is 17.3 Å². The van der Waals surface area contributed by atoms with Crippen molar-refractivity contribution in [1.29, 1.82) is 0 Å². The van der Waals surface area contributed by atoms with Crippen LogP contribution < -0.4 is 0 Å². The molecule has 2 nitrogen and oxygen atoms in total. The topological polar surface area (TPSA) is 32.6 Å². The number of hydrogen-bond acceptors (Lipinski definition) is 2. The van der Waals surface area contributed by atoms with Gasteiger partial charge in [0.2, 0.25) is 0 Å². The fourth-order valence-electron chi connectivity index (χ4n) is 6.79. The van der Waals surface area contributed by atoms with E-state index < -0.39 is 0 Å². The highest BCUT2D eigenvalue weighted by Gasteiger charge is 2.58. The first-order chi connectivity index (χ1) is 10.1. The second-order valence-corrected chi connectivity index (χ2v) is 8.61.